The van der Waals surface area contributed by atoms with E-state index in [4.69, 9.17) is 4.74 Å². The van der Waals surface area contributed by atoms with Crippen LogP contribution in [0.3, 0.4) is 0 Å². The van der Waals surface area contributed by atoms with Gasteiger partial charge in [-0.25, -0.2) is 4.79 Å². The lowest BCUT2D eigenvalue weighted by molar-refractivity contribution is -0.121. The van der Waals surface area contributed by atoms with E-state index in [9.17, 15) is 9.59 Å². The molecule has 1 heterocycles. The summed E-state index contributed by atoms with van der Waals surface area (Å²) in [7, 11) is 0. The van der Waals surface area contributed by atoms with E-state index in [1.54, 1.807) is 0 Å². The van der Waals surface area contributed by atoms with Crippen LogP contribution < -0.4 is 15.5 Å². The second kappa shape index (κ2) is 13.2. The maximum Gasteiger partial charge on any atom is 0.407 e. The van der Waals surface area contributed by atoms with Crippen LogP contribution in [0.4, 0.5) is 10.5 Å². The minimum atomic E-state index is -0.473. The van der Waals surface area contributed by atoms with Crippen molar-refractivity contribution in [1.29, 1.82) is 0 Å². The van der Waals surface area contributed by atoms with Crippen molar-refractivity contribution in [2.24, 2.45) is 0 Å². The van der Waals surface area contributed by atoms with E-state index in [2.05, 4.69) is 64.1 Å². The molecule has 2 N–H and O–H groups in total. The summed E-state index contributed by atoms with van der Waals surface area (Å²) in [4.78, 5) is 26.2. The molecule has 0 bridgehead atoms. The fourth-order valence-corrected chi connectivity index (χ4v) is 4.36. The molecule has 3 rings (SSSR count). The van der Waals surface area contributed by atoms with Gasteiger partial charge in [-0.3, -0.25) is 4.79 Å². The third kappa shape index (κ3) is 8.93. The number of carbonyl (C=O) groups excluding carboxylic acids is 2. The zero-order chi connectivity index (χ0) is 25.1. The van der Waals surface area contributed by atoms with Crippen molar-refractivity contribution in [3.05, 3.63) is 59.3 Å². The van der Waals surface area contributed by atoms with Crippen LogP contribution in [0.25, 0.3) is 6.08 Å². The van der Waals surface area contributed by atoms with Crippen LogP contribution in [-0.4, -0.2) is 37.2 Å². The highest BCUT2D eigenvalue weighted by Crippen LogP contribution is 2.37. The van der Waals surface area contributed by atoms with Crippen LogP contribution in [-0.2, 0) is 9.53 Å². The van der Waals surface area contributed by atoms with E-state index in [-0.39, 0.29) is 12.0 Å². The number of hydrogen-bond donors (Lipinski definition) is 2. The van der Waals surface area contributed by atoms with Crippen molar-refractivity contribution >= 4 is 23.8 Å². The predicted molar refractivity (Wildman–Crippen MR) is 143 cm³/mol. The Morgan fingerprint density at radius 1 is 0.971 bits per heavy atom. The highest BCUT2D eigenvalue weighted by molar-refractivity contribution is 5.80. The van der Waals surface area contributed by atoms with Crippen molar-refractivity contribution in [3.8, 4) is 0 Å². The quantitative estimate of drug-likeness (QED) is 0.355. The number of amides is 2. The first-order valence-electron chi connectivity index (χ1n) is 13.0. The summed E-state index contributed by atoms with van der Waals surface area (Å²) >= 11 is 0. The van der Waals surface area contributed by atoms with Crippen molar-refractivity contribution in [2.75, 3.05) is 24.5 Å². The fraction of sp³-hybridized carbons (Fsp3) is 0.517. The van der Waals surface area contributed by atoms with Crippen molar-refractivity contribution in [3.63, 3.8) is 0 Å². The van der Waals surface area contributed by atoms with Crippen LogP contribution in [0.2, 0.25) is 0 Å². The van der Waals surface area contributed by atoms with Gasteiger partial charge in [-0.05, 0) is 88.7 Å². The number of para-hydroxylation sites is 1. The van der Waals surface area contributed by atoms with Crippen LogP contribution in [0.5, 0.6) is 0 Å². The van der Waals surface area contributed by atoms with Gasteiger partial charge in [0.2, 0.25) is 5.91 Å². The number of rotatable bonds is 12. The molecule has 0 saturated carbocycles. The Labute approximate surface area is 210 Å². The number of benzene rings is 1. The molecule has 0 radical (unpaired) electrons. The second-order valence-corrected chi connectivity index (χ2v) is 10.2. The van der Waals surface area contributed by atoms with Gasteiger partial charge in [0.25, 0.3) is 0 Å². The lowest BCUT2D eigenvalue weighted by atomic mass is 9.94. The molecule has 0 atom stereocenters. The van der Waals surface area contributed by atoms with E-state index in [0.717, 1.165) is 51.5 Å². The number of nitrogens with zero attached hydrogens (tertiary/aromatic N) is 1. The van der Waals surface area contributed by atoms with Gasteiger partial charge in [0.05, 0.1) is 0 Å². The zero-order valence-electron chi connectivity index (χ0n) is 21.6. The molecule has 0 unspecified atom stereocenters. The maximum absolute atomic E-state index is 12.2. The lowest BCUT2D eigenvalue weighted by Crippen LogP contribution is -2.33. The highest BCUT2D eigenvalue weighted by Gasteiger charge is 2.22. The summed E-state index contributed by atoms with van der Waals surface area (Å²) in [5.41, 5.74) is 4.78. The van der Waals surface area contributed by atoms with Gasteiger partial charge in [-0.2, -0.15) is 0 Å². The van der Waals surface area contributed by atoms with Gasteiger partial charge < -0.3 is 20.3 Å². The zero-order valence-corrected chi connectivity index (χ0v) is 21.6. The summed E-state index contributed by atoms with van der Waals surface area (Å²) < 4.78 is 5.21. The van der Waals surface area contributed by atoms with Gasteiger partial charge >= 0.3 is 6.09 Å². The topological polar surface area (TPSA) is 70.7 Å². The number of alkyl carbamates (subject to hydrolysis) is 1. The van der Waals surface area contributed by atoms with E-state index in [0.29, 0.717) is 19.5 Å². The third-order valence-electron chi connectivity index (χ3n) is 6.03. The monoisotopic (exact) mass is 479 g/mol. The summed E-state index contributed by atoms with van der Waals surface area (Å²) in [6, 6.07) is 8.59. The molecule has 2 amide bonds. The third-order valence-corrected chi connectivity index (χ3v) is 6.03. The van der Waals surface area contributed by atoms with Gasteiger partial charge in [0.15, 0.2) is 0 Å². The number of fused-ring (bicyclic) bond motifs is 2. The molecule has 1 aromatic carbocycles. The van der Waals surface area contributed by atoms with Crippen LogP contribution >= 0.6 is 0 Å². The number of unbranched alkanes of at least 4 members (excludes halogenated alkanes) is 4. The average molecular weight is 480 g/mol. The Balaban J connectivity index is 1.25. The molecule has 6 heteroatoms. The average Bonchev–Trinajstić information content (AvgIpc) is 2.81. The summed E-state index contributed by atoms with van der Waals surface area (Å²) in [5.74, 6) is 0.130. The molecule has 1 aliphatic heterocycles. The van der Waals surface area contributed by atoms with Crippen molar-refractivity contribution in [2.45, 2.75) is 77.7 Å². The molecular weight excluding hydrogens is 438 g/mol. The molecule has 0 fully saturated rings. The number of carbonyl (C=O) groups is 2. The Kier molecular flexibility index (Phi) is 10.0. The number of allylic oxidation sites excluding steroid dienone is 4. The SMILES string of the molecule is CC(C)(C)OC(=O)NCCCCCNC(=O)CCCCCN1C2=CC=CCC2=Cc2ccccc21. The minimum Gasteiger partial charge on any atom is -0.444 e. The maximum atomic E-state index is 12.2. The van der Waals surface area contributed by atoms with E-state index in [1.807, 2.05) is 20.8 Å². The lowest BCUT2D eigenvalue weighted by Gasteiger charge is -2.35. The molecular formula is C29H41N3O3. The molecule has 2 aliphatic rings. The van der Waals surface area contributed by atoms with Crippen LogP contribution in [0, 0.1) is 0 Å². The minimum absolute atomic E-state index is 0.130. The number of nitrogens with one attached hydrogen (secondary N) is 2. The largest absolute Gasteiger partial charge is 0.444 e. The standard InChI is InChI=1S/C29H41N3O3/c1-29(2,3)35-28(34)31-20-12-5-11-19-30-27(33)18-6-4-13-21-32-25-16-9-7-14-23(25)22-24-15-8-10-17-26(24)32/h7-10,14,16-17,22H,4-6,11-13,15,18-21H2,1-3H3,(H,30,33)(H,31,34). The molecule has 1 aliphatic carbocycles. The molecule has 0 saturated heterocycles. The number of anilines is 1. The Morgan fingerprint density at radius 2 is 1.71 bits per heavy atom. The van der Waals surface area contributed by atoms with Crippen molar-refractivity contribution < 1.29 is 14.3 Å². The van der Waals surface area contributed by atoms with Gasteiger partial charge in [-0.1, -0.05) is 36.8 Å². The summed E-state index contributed by atoms with van der Waals surface area (Å²) in [5, 5.41) is 5.78. The van der Waals surface area contributed by atoms with E-state index < -0.39 is 5.60 Å². The van der Waals surface area contributed by atoms with E-state index >= 15 is 0 Å². The highest BCUT2D eigenvalue weighted by atomic mass is 16.6. The molecule has 35 heavy (non-hydrogen) atoms. The van der Waals surface area contributed by atoms with Gasteiger partial charge in [-0.15, -0.1) is 0 Å². The fourth-order valence-electron chi connectivity index (χ4n) is 4.36. The molecule has 1 aromatic rings. The molecule has 0 spiro atoms. The number of hydrogen-bond acceptors (Lipinski definition) is 4. The predicted octanol–water partition coefficient (Wildman–Crippen LogP) is 6.11. The Morgan fingerprint density at radius 3 is 2.51 bits per heavy atom. The van der Waals surface area contributed by atoms with Crippen molar-refractivity contribution in [1.82, 2.24) is 10.6 Å². The first-order chi connectivity index (χ1) is 16.8. The van der Waals surface area contributed by atoms with Gasteiger partial charge in [0, 0.05) is 37.4 Å². The van der Waals surface area contributed by atoms with Gasteiger partial charge in [0.1, 0.15) is 5.60 Å². The Hall–Kier alpha value is -3.02. The van der Waals surface area contributed by atoms with Crippen LogP contribution in [0.15, 0.2) is 53.8 Å². The first-order valence-corrected chi connectivity index (χ1v) is 13.0. The second-order valence-electron chi connectivity index (χ2n) is 10.2. The first kappa shape index (κ1) is 26.6. The summed E-state index contributed by atoms with van der Waals surface area (Å²) in [6.45, 7) is 7.79. The smallest absolute Gasteiger partial charge is 0.407 e. The summed E-state index contributed by atoms with van der Waals surface area (Å²) in [6.07, 6.45) is 15.8. The molecule has 0 aromatic heterocycles. The molecule has 6 nitrogen and oxygen atoms in total. The number of ether oxygens (including phenoxy) is 1. The Bertz CT molecular complexity index is 956. The molecule has 190 valence electrons. The van der Waals surface area contributed by atoms with Crippen LogP contribution in [0.1, 0.15) is 77.7 Å². The van der Waals surface area contributed by atoms with E-state index in [1.165, 1.54) is 22.5 Å². The normalized spacial score (nSPS) is 14.4.